The van der Waals surface area contributed by atoms with Crippen LogP contribution in [-0.4, -0.2) is 0 Å². The molecule has 0 spiro atoms. The first-order chi connectivity index (χ1) is 7.18. The minimum absolute atomic E-state index is 0.251. The molecule has 2 N–H and O–H groups in total. The fourth-order valence-electron chi connectivity index (χ4n) is 1.57. The smallest absolute Gasteiger partial charge is 0.125 e. The summed E-state index contributed by atoms with van der Waals surface area (Å²) in [7, 11) is 0. The van der Waals surface area contributed by atoms with Crippen LogP contribution in [0.4, 0.5) is 0 Å². The van der Waals surface area contributed by atoms with E-state index in [2.05, 4.69) is 0 Å². The number of benzene rings is 1. The highest BCUT2D eigenvalue weighted by atomic mass is 35.5. The predicted octanol–water partition coefficient (Wildman–Crippen LogP) is 3.29. The van der Waals surface area contributed by atoms with Crippen LogP contribution in [0.25, 0.3) is 0 Å². The molecule has 0 fully saturated rings. The van der Waals surface area contributed by atoms with Crippen molar-refractivity contribution in [2.24, 2.45) is 5.73 Å². The molecular weight excluding hydrogens is 210 g/mol. The van der Waals surface area contributed by atoms with Gasteiger partial charge in [-0.25, -0.2) is 0 Å². The average molecular weight is 222 g/mol. The molecule has 15 heavy (non-hydrogen) atoms. The van der Waals surface area contributed by atoms with Crippen LogP contribution in [0.2, 0.25) is 5.02 Å². The van der Waals surface area contributed by atoms with E-state index in [1.807, 2.05) is 37.3 Å². The van der Waals surface area contributed by atoms with Gasteiger partial charge in [0.1, 0.15) is 5.76 Å². The molecule has 1 heterocycles. The topological polar surface area (TPSA) is 39.2 Å². The molecule has 1 unspecified atom stereocenters. The Morgan fingerprint density at radius 1 is 1.33 bits per heavy atom. The second-order valence-electron chi connectivity index (χ2n) is 3.49. The third-order valence-corrected chi connectivity index (χ3v) is 2.66. The highest BCUT2D eigenvalue weighted by Gasteiger charge is 2.13. The summed E-state index contributed by atoms with van der Waals surface area (Å²) < 4.78 is 5.28. The van der Waals surface area contributed by atoms with E-state index < -0.39 is 0 Å². The van der Waals surface area contributed by atoms with Crippen molar-refractivity contribution in [3.05, 3.63) is 58.5 Å². The van der Waals surface area contributed by atoms with Crippen molar-refractivity contribution in [3.8, 4) is 0 Å². The zero-order chi connectivity index (χ0) is 10.8. The average Bonchev–Trinajstić information content (AvgIpc) is 2.74. The summed E-state index contributed by atoms with van der Waals surface area (Å²) in [4.78, 5) is 0. The minimum atomic E-state index is -0.251. The summed E-state index contributed by atoms with van der Waals surface area (Å²) in [5.74, 6) is 0.750. The first-order valence-corrected chi connectivity index (χ1v) is 5.11. The summed E-state index contributed by atoms with van der Waals surface area (Å²) >= 11 is 5.94. The molecule has 0 aliphatic heterocycles. The van der Waals surface area contributed by atoms with Gasteiger partial charge in [0.05, 0.1) is 12.3 Å². The van der Waals surface area contributed by atoms with E-state index >= 15 is 0 Å². The van der Waals surface area contributed by atoms with Crippen LogP contribution in [-0.2, 0) is 0 Å². The summed E-state index contributed by atoms with van der Waals surface area (Å²) in [6.45, 7) is 2.01. The van der Waals surface area contributed by atoms with Gasteiger partial charge in [-0.15, -0.1) is 0 Å². The number of hydrogen-bond acceptors (Lipinski definition) is 2. The molecule has 0 aliphatic rings. The third kappa shape index (κ3) is 2.06. The van der Waals surface area contributed by atoms with E-state index in [0.717, 1.165) is 16.9 Å². The maximum Gasteiger partial charge on any atom is 0.125 e. The molecular formula is C12H12ClNO. The van der Waals surface area contributed by atoms with Crippen molar-refractivity contribution in [2.75, 3.05) is 0 Å². The molecule has 2 aromatic rings. The molecule has 1 aromatic carbocycles. The Morgan fingerprint density at radius 3 is 2.80 bits per heavy atom. The Hall–Kier alpha value is -1.25. The first-order valence-electron chi connectivity index (χ1n) is 4.73. The number of aryl methyl sites for hydroxylation is 1. The van der Waals surface area contributed by atoms with Gasteiger partial charge in [-0.1, -0.05) is 17.7 Å². The van der Waals surface area contributed by atoms with Crippen LogP contribution in [0, 0.1) is 6.92 Å². The van der Waals surface area contributed by atoms with Crippen molar-refractivity contribution >= 4 is 11.6 Å². The molecule has 1 aromatic heterocycles. The van der Waals surface area contributed by atoms with Crippen LogP contribution in [0.3, 0.4) is 0 Å². The number of halogens is 1. The van der Waals surface area contributed by atoms with E-state index in [4.69, 9.17) is 21.8 Å². The van der Waals surface area contributed by atoms with Gasteiger partial charge < -0.3 is 10.2 Å². The molecule has 2 rings (SSSR count). The lowest BCUT2D eigenvalue weighted by atomic mass is 10.0. The Kier molecular flexibility index (Phi) is 2.80. The SMILES string of the molecule is Cc1ccc(Cl)cc1C(N)c1ccco1. The number of nitrogens with two attached hydrogens (primary N) is 1. The van der Waals surface area contributed by atoms with Crippen LogP contribution in [0.1, 0.15) is 22.9 Å². The lowest BCUT2D eigenvalue weighted by Crippen LogP contribution is -2.12. The molecule has 0 aliphatic carbocycles. The fraction of sp³-hybridized carbons (Fsp3) is 0.167. The molecule has 0 saturated carbocycles. The molecule has 0 radical (unpaired) electrons. The van der Waals surface area contributed by atoms with E-state index in [0.29, 0.717) is 5.02 Å². The van der Waals surface area contributed by atoms with Gasteiger partial charge in [-0.05, 0) is 42.3 Å². The molecule has 0 amide bonds. The Bertz CT molecular complexity index is 451. The lowest BCUT2D eigenvalue weighted by Gasteiger charge is -2.12. The maximum absolute atomic E-state index is 6.08. The number of hydrogen-bond donors (Lipinski definition) is 1. The molecule has 1 atom stereocenters. The van der Waals surface area contributed by atoms with Crippen molar-refractivity contribution in [2.45, 2.75) is 13.0 Å². The van der Waals surface area contributed by atoms with Crippen molar-refractivity contribution < 1.29 is 4.42 Å². The van der Waals surface area contributed by atoms with Crippen molar-refractivity contribution in [3.63, 3.8) is 0 Å². The molecule has 0 saturated heterocycles. The molecule has 2 nitrogen and oxygen atoms in total. The van der Waals surface area contributed by atoms with Gasteiger partial charge in [-0.2, -0.15) is 0 Å². The largest absolute Gasteiger partial charge is 0.467 e. The van der Waals surface area contributed by atoms with E-state index in [-0.39, 0.29) is 6.04 Å². The number of furan rings is 1. The van der Waals surface area contributed by atoms with Crippen molar-refractivity contribution in [1.82, 2.24) is 0 Å². The van der Waals surface area contributed by atoms with Crippen molar-refractivity contribution in [1.29, 1.82) is 0 Å². The van der Waals surface area contributed by atoms with Gasteiger partial charge in [0.25, 0.3) is 0 Å². The highest BCUT2D eigenvalue weighted by Crippen LogP contribution is 2.25. The van der Waals surface area contributed by atoms with Gasteiger partial charge in [0.15, 0.2) is 0 Å². The van der Waals surface area contributed by atoms with Gasteiger partial charge in [0, 0.05) is 5.02 Å². The summed E-state index contributed by atoms with van der Waals surface area (Å²) in [5, 5.41) is 0.692. The zero-order valence-corrected chi connectivity index (χ0v) is 9.16. The standard InChI is InChI=1S/C12H12ClNO/c1-8-4-5-9(13)7-10(8)12(14)11-3-2-6-15-11/h2-7,12H,14H2,1H3. The Balaban J connectivity index is 2.41. The quantitative estimate of drug-likeness (QED) is 0.845. The summed E-state index contributed by atoms with van der Waals surface area (Å²) in [5.41, 5.74) is 8.19. The lowest BCUT2D eigenvalue weighted by molar-refractivity contribution is 0.489. The monoisotopic (exact) mass is 221 g/mol. The number of rotatable bonds is 2. The second-order valence-corrected chi connectivity index (χ2v) is 3.93. The van der Waals surface area contributed by atoms with Crippen LogP contribution < -0.4 is 5.73 Å². The highest BCUT2D eigenvalue weighted by molar-refractivity contribution is 6.30. The normalized spacial score (nSPS) is 12.7. The Morgan fingerprint density at radius 2 is 2.13 bits per heavy atom. The zero-order valence-electron chi connectivity index (χ0n) is 8.41. The van der Waals surface area contributed by atoms with Gasteiger partial charge in [0.2, 0.25) is 0 Å². The van der Waals surface area contributed by atoms with Gasteiger partial charge >= 0.3 is 0 Å². The summed E-state index contributed by atoms with van der Waals surface area (Å²) in [6.07, 6.45) is 1.62. The molecule has 0 bridgehead atoms. The first kappa shape index (κ1) is 10.3. The van der Waals surface area contributed by atoms with Crippen LogP contribution >= 0.6 is 11.6 Å². The minimum Gasteiger partial charge on any atom is -0.467 e. The fourth-order valence-corrected chi connectivity index (χ4v) is 1.75. The molecule has 3 heteroatoms. The van der Waals surface area contributed by atoms with Crippen LogP contribution in [0.15, 0.2) is 41.0 Å². The van der Waals surface area contributed by atoms with E-state index in [9.17, 15) is 0 Å². The molecule has 78 valence electrons. The van der Waals surface area contributed by atoms with E-state index in [1.54, 1.807) is 6.26 Å². The third-order valence-electron chi connectivity index (χ3n) is 2.43. The summed E-state index contributed by atoms with van der Waals surface area (Å²) in [6, 6.07) is 9.14. The predicted molar refractivity (Wildman–Crippen MR) is 60.9 cm³/mol. The second kappa shape index (κ2) is 4.09. The Labute approximate surface area is 93.7 Å². The van der Waals surface area contributed by atoms with Gasteiger partial charge in [-0.3, -0.25) is 0 Å². The van der Waals surface area contributed by atoms with Crippen LogP contribution in [0.5, 0.6) is 0 Å². The van der Waals surface area contributed by atoms with E-state index in [1.165, 1.54) is 0 Å². The maximum atomic E-state index is 6.08.